The molecule has 0 saturated heterocycles. The second-order valence-corrected chi connectivity index (χ2v) is 5.67. The number of nitrogens with zero attached hydrogens (tertiary/aromatic N) is 3. The Morgan fingerprint density at radius 3 is 2.18 bits per heavy atom. The highest BCUT2D eigenvalue weighted by molar-refractivity contribution is 6.00. The van der Waals surface area contributed by atoms with Gasteiger partial charge < -0.3 is 15.2 Å². The summed E-state index contributed by atoms with van der Waals surface area (Å²) in [7, 11) is 2.80. The molecule has 0 bridgehead atoms. The average molecular weight is 296 g/mol. The molecule has 6 heteroatoms. The number of nitriles is 2. The van der Waals surface area contributed by atoms with Crippen molar-refractivity contribution in [3.63, 3.8) is 0 Å². The van der Waals surface area contributed by atoms with Crippen molar-refractivity contribution in [1.29, 1.82) is 10.5 Å². The molecule has 1 saturated carbocycles. The van der Waals surface area contributed by atoms with Gasteiger partial charge in [0, 0.05) is 20.1 Å². The van der Waals surface area contributed by atoms with Crippen LogP contribution < -0.4 is 5.73 Å². The third-order valence-corrected chi connectivity index (χ3v) is 4.89. The number of aryl methyl sites for hydroxylation is 1. The Hall–Kier alpha value is -2.41. The lowest BCUT2D eigenvalue weighted by molar-refractivity contribution is -0.230. The Kier molecular flexibility index (Phi) is 2.84. The van der Waals surface area contributed by atoms with Crippen molar-refractivity contribution in [2.24, 2.45) is 21.6 Å². The van der Waals surface area contributed by atoms with Gasteiger partial charge in [0.2, 0.25) is 0 Å². The molecule has 3 atom stereocenters. The zero-order valence-corrected chi connectivity index (χ0v) is 12.6. The minimum Gasteiger partial charge on any atom is -0.386 e. The Morgan fingerprint density at radius 1 is 1.14 bits per heavy atom. The molecule has 1 aliphatic carbocycles. The summed E-state index contributed by atoms with van der Waals surface area (Å²) in [5.41, 5.74) is 5.47. The molecule has 1 heterocycles. The molecule has 112 valence electrons. The highest BCUT2D eigenvalue weighted by Crippen LogP contribution is 2.81. The molecule has 3 rings (SSSR count). The second kappa shape index (κ2) is 4.30. The number of nitrogens with two attached hydrogens (primary N) is 1. The summed E-state index contributed by atoms with van der Waals surface area (Å²) in [4.78, 5) is 4.17. The molecular formula is C16H16N4O2. The van der Waals surface area contributed by atoms with E-state index in [4.69, 9.17) is 15.2 Å². The number of ether oxygens (including phenoxy) is 2. The molecule has 22 heavy (non-hydrogen) atoms. The lowest BCUT2D eigenvalue weighted by atomic mass is 9.93. The maximum absolute atomic E-state index is 9.88. The van der Waals surface area contributed by atoms with E-state index in [1.54, 1.807) is 0 Å². The normalized spacial score (nSPS) is 34.2. The summed E-state index contributed by atoms with van der Waals surface area (Å²) < 4.78 is 10.8. The van der Waals surface area contributed by atoms with Gasteiger partial charge in [0.05, 0.1) is 12.1 Å². The minimum absolute atomic E-state index is 0.0887. The van der Waals surface area contributed by atoms with Crippen molar-refractivity contribution in [2.45, 2.75) is 18.8 Å². The van der Waals surface area contributed by atoms with E-state index in [1.165, 1.54) is 14.2 Å². The van der Waals surface area contributed by atoms with Gasteiger partial charge in [0.15, 0.2) is 5.41 Å². The van der Waals surface area contributed by atoms with Crippen LogP contribution in [-0.2, 0) is 9.47 Å². The van der Waals surface area contributed by atoms with E-state index in [2.05, 4.69) is 17.1 Å². The predicted octanol–water partition coefficient (Wildman–Crippen LogP) is 1.43. The highest BCUT2D eigenvalue weighted by atomic mass is 16.7. The lowest BCUT2D eigenvalue weighted by Crippen LogP contribution is -2.41. The Bertz CT molecular complexity index is 739. The van der Waals surface area contributed by atoms with E-state index in [1.807, 2.05) is 31.2 Å². The van der Waals surface area contributed by atoms with Crippen LogP contribution in [0, 0.1) is 40.4 Å². The Morgan fingerprint density at radius 2 is 1.73 bits per heavy atom. The summed E-state index contributed by atoms with van der Waals surface area (Å²) in [5, 5.41) is 19.6. The molecule has 1 aromatic rings. The average Bonchev–Trinajstić information content (AvgIpc) is 3.11. The first-order valence-electron chi connectivity index (χ1n) is 6.85. The largest absolute Gasteiger partial charge is 0.386 e. The van der Waals surface area contributed by atoms with Crippen LogP contribution in [0.15, 0.2) is 29.3 Å². The fraction of sp³-hybridized carbons (Fsp3) is 0.438. The monoisotopic (exact) mass is 296 g/mol. The van der Waals surface area contributed by atoms with Gasteiger partial charge in [-0.25, -0.2) is 4.99 Å². The molecule has 0 aromatic heterocycles. The number of aliphatic imine (C=N–C) groups is 1. The van der Waals surface area contributed by atoms with E-state index in [9.17, 15) is 10.5 Å². The maximum Gasteiger partial charge on any atom is 0.292 e. The molecule has 0 spiro atoms. The lowest BCUT2D eigenvalue weighted by Gasteiger charge is -2.29. The van der Waals surface area contributed by atoms with Gasteiger partial charge in [-0.05, 0) is 12.5 Å². The van der Waals surface area contributed by atoms with Crippen LogP contribution in [0.4, 0.5) is 0 Å². The molecule has 0 unspecified atom stereocenters. The van der Waals surface area contributed by atoms with E-state index in [0.29, 0.717) is 0 Å². The van der Waals surface area contributed by atoms with Crippen LogP contribution in [0.5, 0.6) is 0 Å². The van der Waals surface area contributed by atoms with Gasteiger partial charge in [0.25, 0.3) is 5.91 Å². The van der Waals surface area contributed by atoms with Crippen LogP contribution in [-0.4, -0.2) is 26.0 Å². The molecule has 1 fully saturated rings. The van der Waals surface area contributed by atoms with E-state index in [0.717, 1.165) is 11.1 Å². The third-order valence-electron chi connectivity index (χ3n) is 4.89. The molecule has 6 nitrogen and oxygen atoms in total. The quantitative estimate of drug-likeness (QED) is 0.849. The predicted molar refractivity (Wildman–Crippen MR) is 78.4 cm³/mol. The van der Waals surface area contributed by atoms with Gasteiger partial charge in [-0.15, -0.1) is 0 Å². The fourth-order valence-electron chi connectivity index (χ4n) is 3.78. The summed E-state index contributed by atoms with van der Waals surface area (Å²) in [5.74, 6) is -1.91. The first-order valence-corrected chi connectivity index (χ1v) is 6.85. The minimum atomic E-state index is -1.56. The molecule has 2 aliphatic rings. The van der Waals surface area contributed by atoms with Crippen molar-refractivity contribution in [3.05, 3.63) is 35.4 Å². The van der Waals surface area contributed by atoms with Gasteiger partial charge in [0.1, 0.15) is 11.3 Å². The first-order chi connectivity index (χ1) is 10.5. The Labute approximate surface area is 128 Å². The zero-order chi connectivity index (χ0) is 16.2. The third kappa shape index (κ3) is 1.24. The van der Waals surface area contributed by atoms with Crippen LogP contribution in [0.2, 0.25) is 0 Å². The summed E-state index contributed by atoms with van der Waals surface area (Å²) in [6, 6.07) is 12.1. The van der Waals surface area contributed by atoms with Gasteiger partial charge in [-0.3, -0.25) is 0 Å². The van der Waals surface area contributed by atoms with Crippen LogP contribution >= 0.6 is 0 Å². The number of hydrogen-bond acceptors (Lipinski definition) is 6. The highest BCUT2D eigenvalue weighted by Gasteiger charge is 2.93. The number of rotatable bonds is 3. The Balaban J connectivity index is 2.23. The van der Waals surface area contributed by atoms with Crippen molar-refractivity contribution < 1.29 is 9.47 Å². The van der Waals surface area contributed by atoms with Gasteiger partial charge >= 0.3 is 0 Å². The maximum atomic E-state index is 9.88. The molecule has 1 aliphatic heterocycles. The SMILES string of the molecule is COC1(OC)N=C(N)[C@]2(C#N)[C@H](c3ccc(C)cc3)[C@@]12C#N. The van der Waals surface area contributed by atoms with Crippen LogP contribution in [0.25, 0.3) is 0 Å². The van der Waals surface area contributed by atoms with Gasteiger partial charge in [-0.1, -0.05) is 29.8 Å². The number of amidine groups is 1. The topological polar surface area (TPSA) is 104 Å². The zero-order valence-electron chi connectivity index (χ0n) is 12.6. The van der Waals surface area contributed by atoms with Gasteiger partial charge in [-0.2, -0.15) is 10.5 Å². The van der Waals surface area contributed by atoms with E-state index < -0.39 is 22.7 Å². The smallest absolute Gasteiger partial charge is 0.292 e. The second-order valence-electron chi connectivity index (χ2n) is 5.67. The van der Waals surface area contributed by atoms with Crippen LogP contribution in [0.1, 0.15) is 17.0 Å². The van der Waals surface area contributed by atoms with Crippen molar-refractivity contribution >= 4 is 5.84 Å². The number of benzene rings is 1. The summed E-state index contributed by atoms with van der Waals surface area (Å²) >= 11 is 0. The number of hydrogen-bond donors (Lipinski definition) is 1. The van der Waals surface area contributed by atoms with Crippen molar-refractivity contribution in [3.8, 4) is 12.1 Å². The summed E-state index contributed by atoms with van der Waals surface area (Å²) in [6.45, 7) is 1.97. The van der Waals surface area contributed by atoms with Crippen molar-refractivity contribution in [1.82, 2.24) is 0 Å². The fourth-order valence-corrected chi connectivity index (χ4v) is 3.78. The molecule has 1 aromatic carbocycles. The van der Waals surface area contributed by atoms with Crippen LogP contribution in [0.3, 0.4) is 0 Å². The molecule has 0 amide bonds. The van der Waals surface area contributed by atoms with E-state index in [-0.39, 0.29) is 5.84 Å². The number of methoxy groups -OCH3 is 2. The number of fused-ring (bicyclic) bond motifs is 1. The summed E-state index contributed by atoms with van der Waals surface area (Å²) in [6.07, 6.45) is 0. The molecule has 0 radical (unpaired) electrons. The molecular weight excluding hydrogens is 280 g/mol. The standard InChI is InChI=1S/C16H16N4O2/c1-10-4-6-11(7-5-10)12-14(8-17)13(19)20-16(21-2,22-3)15(12,14)9-18/h4-7,12H,1-3H3,(H2,19,20)/t12-,14-,15+/m0/s1. The molecule has 2 N–H and O–H groups in total. The first kappa shape index (κ1) is 14.5. The van der Waals surface area contributed by atoms with Crippen molar-refractivity contribution in [2.75, 3.05) is 14.2 Å². The van der Waals surface area contributed by atoms with E-state index >= 15 is 0 Å².